The minimum atomic E-state index is -0.542. The highest BCUT2D eigenvalue weighted by Gasteiger charge is 2.14. The summed E-state index contributed by atoms with van der Waals surface area (Å²) in [5.74, 6) is 0.00779. The summed E-state index contributed by atoms with van der Waals surface area (Å²) in [5.41, 5.74) is 0. The Hall–Kier alpha value is -1.17. The number of nitro groups is 1. The summed E-state index contributed by atoms with van der Waals surface area (Å²) in [6.07, 6.45) is 3.22. The fourth-order valence-corrected chi connectivity index (χ4v) is 1.41. The Kier molecular flexibility index (Phi) is 5.03. The molecule has 0 saturated heterocycles. The molecule has 1 aromatic heterocycles. The maximum Gasteiger partial charge on any atom is 0.406 e. The molecule has 0 spiro atoms. The van der Waals surface area contributed by atoms with Crippen LogP contribution < -0.4 is 4.74 Å². The van der Waals surface area contributed by atoms with E-state index in [1.807, 2.05) is 0 Å². The van der Waals surface area contributed by atoms with Gasteiger partial charge in [0, 0.05) is 5.33 Å². The van der Waals surface area contributed by atoms with E-state index in [1.54, 1.807) is 12.1 Å². The third-order valence-electron chi connectivity index (χ3n) is 1.71. The van der Waals surface area contributed by atoms with Crippen molar-refractivity contribution in [3.8, 4) is 5.75 Å². The molecule has 0 unspecified atom stereocenters. The lowest BCUT2D eigenvalue weighted by molar-refractivity contribution is -0.390. The Bertz CT molecular complexity index is 333. The van der Waals surface area contributed by atoms with Gasteiger partial charge in [0.1, 0.15) is 6.20 Å². The van der Waals surface area contributed by atoms with Crippen molar-refractivity contribution in [3.63, 3.8) is 0 Å². The zero-order chi connectivity index (χ0) is 11.1. The molecule has 0 aromatic carbocycles. The Morgan fingerprint density at radius 2 is 2.33 bits per heavy atom. The molecule has 1 rings (SSSR count). The highest BCUT2D eigenvalue weighted by molar-refractivity contribution is 9.09. The van der Waals surface area contributed by atoms with Crippen molar-refractivity contribution in [1.29, 1.82) is 0 Å². The summed E-state index contributed by atoms with van der Waals surface area (Å²) in [7, 11) is 0. The summed E-state index contributed by atoms with van der Waals surface area (Å²) in [6, 6.07) is 3.17. The Morgan fingerprint density at radius 3 is 3.00 bits per heavy atom. The van der Waals surface area contributed by atoms with Gasteiger partial charge in [-0.05, 0) is 34.9 Å². The van der Waals surface area contributed by atoms with Crippen LogP contribution in [0.15, 0.2) is 18.3 Å². The van der Waals surface area contributed by atoms with E-state index in [2.05, 4.69) is 20.9 Å². The van der Waals surface area contributed by atoms with E-state index in [9.17, 15) is 10.1 Å². The molecule has 0 amide bonds. The highest BCUT2D eigenvalue weighted by atomic mass is 79.9. The maximum atomic E-state index is 10.6. The van der Waals surface area contributed by atoms with Gasteiger partial charge in [0.05, 0.1) is 6.61 Å². The third-order valence-corrected chi connectivity index (χ3v) is 2.27. The molecular formula is C9H11BrN2O3. The molecule has 0 aliphatic carbocycles. The van der Waals surface area contributed by atoms with Crippen molar-refractivity contribution in [3.05, 3.63) is 28.4 Å². The second-order valence-electron chi connectivity index (χ2n) is 2.83. The number of aromatic nitrogens is 1. The Morgan fingerprint density at radius 1 is 1.53 bits per heavy atom. The minimum absolute atomic E-state index is 0.226. The van der Waals surface area contributed by atoms with Crippen LogP contribution in [-0.2, 0) is 0 Å². The van der Waals surface area contributed by atoms with E-state index in [0.717, 1.165) is 18.2 Å². The smallest absolute Gasteiger partial charge is 0.406 e. The molecule has 0 saturated carbocycles. The van der Waals surface area contributed by atoms with Gasteiger partial charge >= 0.3 is 5.82 Å². The van der Waals surface area contributed by atoms with Crippen LogP contribution in [0, 0.1) is 10.1 Å². The van der Waals surface area contributed by atoms with Gasteiger partial charge in [-0.3, -0.25) is 0 Å². The number of halogens is 1. The van der Waals surface area contributed by atoms with E-state index >= 15 is 0 Å². The molecule has 6 heteroatoms. The van der Waals surface area contributed by atoms with Crippen molar-refractivity contribution < 1.29 is 9.66 Å². The number of hydrogen-bond acceptors (Lipinski definition) is 4. The molecule has 0 fully saturated rings. The summed E-state index contributed by atoms with van der Waals surface area (Å²) in [5, 5.41) is 11.5. The first-order valence-corrected chi connectivity index (χ1v) is 5.66. The van der Waals surface area contributed by atoms with Gasteiger partial charge in [0.2, 0.25) is 5.75 Å². The van der Waals surface area contributed by atoms with Gasteiger partial charge in [-0.25, -0.2) is 0 Å². The molecule has 1 heterocycles. The lowest BCUT2D eigenvalue weighted by Crippen LogP contribution is -2.01. The molecular weight excluding hydrogens is 264 g/mol. The zero-order valence-corrected chi connectivity index (χ0v) is 9.64. The van der Waals surface area contributed by atoms with Gasteiger partial charge < -0.3 is 14.9 Å². The van der Waals surface area contributed by atoms with Crippen LogP contribution in [0.25, 0.3) is 0 Å². The quantitative estimate of drug-likeness (QED) is 0.346. The fourth-order valence-electron chi connectivity index (χ4n) is 1.01. The van der Waals surface area contributed by atoms with E-state index in [-0.39, 0.29) is 11.6 Å². The van der Waals surface area contributed by atoms with Gasteiger partial charge in [-0.1, -0.05) is 15.9 Å². The first-order valence-electron chi connectivity index (χ1n) is 4.54. The lowest BCUT2D eigenvalue weighted by Gasteiger charge is -2.04. The highest BCUT2D eigenvalue weighted by Crippen LogP contribution is 2.22. The van der Waals surface area contributed by atoms with E-state index in [1.165, 1.54) is 6.20 Å². The van der Waals surface area contributed by atoms with E-state index in [4.69, 9.17) is 4.74 Å². The number of nitrogens with zero attached hydrogens (tertiary/aromatic N) is 2. The molecule has 82 valence electrons. The number of unbranched alkanes of at least 4 members (excludes halogenated alkanes) is 1. The summed E-state index contributed by atoms with van der Waals surface area (Å²) in [4.78, 5) is 13.7. The number of hydrogen-bond donors (Lipinski definition) is 0. The molecule has 15 heavy (non-hydrogen) atoms. The molecule has 0 N–H and O–H groups in total. The second-order valence-corrected chi connectivity index (χ2v) is 3.62. The van der Waals surface area contributed by atoms with E-state index < -0.39 is 4.92 Å². The van der Waals surface area contributed by atoms with Crippen molar-refractivity contribution in [2.75, 3.05) is 11.9 Å². The molecule has 0 radical (unpaired) electrons. The molecule has 0 aliphatic rings. The van der Waals surface area contributed by atoms with Crippen molar-refractivity contribution in [2.45, 2.75) is 12.8 Å². The zero-order valence-electron chi connectivity index (χ0n) is 8.06. The third kappa shape index (κ3) is 3.83. The minimum Gasteiger partial charge on any atom is -0.486 e. The van der Waals surface area contributed by atoms with Crippen LogP contribution >= 0.6 is 15.9 Å². The predicted molar refractivity (Wildman–Crippen MR) is 59.4 cm³/mol. The molecule has 0 bridgehead atoms. The van der Waals surface area contributed by atoms with Crippen molar-refractivity contribution in [1.82, 2.24) is 4.98 Å². The Balaban J connectivity index is 2.56. The topological polar surface area (TPSA) is 65.3 Å². The molecule has 0 atom stereocenters. The maximum absolute atomic E-state index is 10.6. The van der Waals surface area contributed by atoms with Crippen LogP contribution in [0.2, 0.25) is 0 Å². The number of rotatable bonds is 6. The SMILES string of the molecule is O=[N+]([O-])c1ncccc1OCCCCBr. The number of pyridine rings is 1. The number of alkyl halides is 1. The fraction of sp³-hybridized carbons (Fsp3) is 0.444. The van der Waals surface area contributed by atoms with Gasteiger partial charge in [-0.2, -0.15) is 0 Å². The lowest BCUT2D eigenvalue weighted by atomic mass is 10.3. The normalized spacial score (nSPS) is 9.93. The molecule has 0 aliphatic heterocycles. The first kappa shape index (κ1) is 11.9. The monoisotopic (exact) mass is 274 g/mol. The van der Waals surface area contributed by atoms with Crippen molar-refractivity contribution >= 4 is 21.7 Å². The second kappa shape index (κ2) is 6.34. The average Bonchev–Trinajstić information content (AvgIpc) is 2.25. The van der Waals surface area contributed by atoms with Gasteiger partial charge in [-0.15, -0.1) is 0 Å². The average molecular weight is 275 g/mol. The van der Waals surface area contributed by atoms with E-state index in [0.29, 0.717) is 6.61 Å². The number of ether oxygens (including phenoxy) is 1. The van der Waals surface area contributed by atoms with Crippen molar-refractivity contribution in [2.24, 2.45) is 0 Å². The van der Waals surface area contributed by atoms with Crippen LogP contribution in [0.4, 0.5) is 5.82 Å². The van der Waals surface area contributed by atoms with Gasteiger partial charge in [0.15, 0.2) is 0 Å². The summed E-state index contributed by atoms with van der Waals surface area (Å²) < 4.78 is 5.28. The van der Waals surface area contributed by atoms with Crippen LogP contribution in [0.3, 0.4) is 0 Å². The van der Waals surface area contributed by atoms with Crippen LogP contribution in [-0.4, -0.2) is 21.8 Å². The van der Waals surface area contributed by atoms with Gasteiger partial charge in [0.25, 0.3) is 0 Å². The predicted octanol–water partition coefficient (Wildman–Crippen LogP) is 2.54. The summed E-state index contributed by atoms with van der Waals surface area (Å²) >= 11 is 3.30. The summed E-state index contributed by atoms with van der Waals surface area (Å²) in [6.45, 7) is 0.470. The first-order chi connectivity index (χ1) is 7.25. The van der Waals surface area contributed by atoms with Crippen LogP contribution in [0.5, 0.6) is 5.75 Å². The Labute approximate surface area is 95.7 Å². The largest absolute Gasteiger partial charge is 0.486 e. The van der Waals surface area contributed by atoms with Crippen LogP contribution in [0.1, 0.15) is 12.8 Å². The molecule has 1 aromatic rings. The molecule has 5 nitrogen and oxygen atoms in total. The standard InChI is InChI=1S/C9H11BrN2O3/c10-5-1-2-7-15-8-4-3-6-11-9(8)12(13)14/h3-4,6H,1-2,5,7H2.